The Hall–Kier alpha value is -0.570. The molecule has 2 aliphatic carbocycles. The van der Waals surface area contributed by atoms with Crippen molar-refractivity contribution in [3.63, 3.8) is 0 Å². The fraction of sp³-hybridized carbons (Fsp3) is 0.929. The van der Waals surface area contributed by atoms with E-state index in [1.165, 1.54) is 38.9 Å². The normalized spacial score (nSPS) is 27.8. The SMILES string of the molecule is O=C(NC1CCN(CC2CC2)CC1)C1CCC1. The first-order valence-electron chi connectivity index (χ1n) is 7.34. The Morgan fingerprint density at radius 1 is 1.06 bits per heavy atom. The van der Waals surface area contributed by atoms with Gasteiger partial charge in [-0.3, -0.25) is 4.79 Å². The van der Waals surface area contributed by atoms with Crippen molar-refractivity contribution in [2.24, 2.45) is 11.8 Å². The van der Waals surface area contributed by atoms with Crippen LogP contribution >= 0.6 is 0 Å². The highest BCUT2D eigenvalue weighted by atomic mass is 16.2. The number of hydrogen-bond donors (Lipinski definition) is 1. The number of rotatable bonds is 4. The Bertz CT molecular complexity index is 276. The number of carbonyl (C=O) groups excluding carboxylic acids is 1. The van der Waals surface area contributed by atoms with Crippen molar-refractivity contribution in [1.82, 2.24) is 10.2 Å². The van der Waals surface area contributed by atoms with Crippen molar-refractivity contribution >= 4 is 5.91 Å². The number of nitrogens with one attached hydrogen (secondary N) is 1. The van der Waals surface area contributed by atoms with Crippen LogP contribution in [0.2, 0.25) is 0 Å². The zero-order chi connectivity index (χ0) is 11.7. The molecule has 17 heavy (non-hydrogen) atoms. The predicted molar refractivity (Wildman–Crippen MR) is 67.7 cm³/mol. The second-order valence-corrected chi connectivity index (χ2v) is 6.15. The van der Waals surface area contributed by atoms with Gasteiger partial charge in [0.15, 0.2) is 0 Å². The highest BCUT2D eigenvalue weighted by molar-refractivity contribution is 5.79. The van der Waals surface area contributed by atoms with E-state index >= 15 is 0 Å². The van der Waals surface area contributed by atoms with Crippen LogP contribution in [0.25, 0.3) is 0 Å². The molecule has 0 spiro atoms. The van der Waals surface area contributed by atoms with Gasteiger partial charge >= 0.3 is 0 Å². The van der Waals surface area contributed by atoms with Crippen LogP contribution in [0, 0.1) is 11.8 Å². The van der Waals surface area contributed by atoms with Crippen LogP contribution < -0.4 is 5.32 Å². The number of carbonyl (C=O) groups is 1. The number of likely N-dealkylation sites (tertiary alicyclic amines) is 1. The molecule has 0 aromatic heterocycles. The van der Waals surface area contributed by atoms with E-state index in [0.717, 1.165) is 31.6 Å². The molecule has 0 atom stereocenters. The molecule has 1 amide bonds. The summed E-state index contributed by atoms with van der Waals surface area (Å²) in [4.78, 5) is 14.4. The number of amides is 1. The van der Waals surface area contributed by atoms with E-state index < -0.39 is 0 Å². The lowest BCUT2D eigenvalue weighted by Gasteiger charge is -2.34. The Morgan fingerprint density at radius 2 is 1.76 bits per heavy atom. The summed E-state index contributed by atoms with van der Waals surface area (Å²) in [6.45, 7) is 3.68. The molecule has 3 nitrogen and oxygen atoms in total. The third-order valence-corrected chi connectivity index (χ3v) is 4.62. The molecule has 0 aromatic rings. The molecule has 1 heterocycles. The minimum absolute atomic E-state index is 0.330. The quantitative estimate of drug-likeness (QED) is 0.807. The molecule has 0 unspecified atom stereocenters. The minimum atomic E-state index is 0.330. The van der Waals surface area contributed by atoms with Crippen molar-refractivity contribution in [2.75, 3.05) is 19.6 Å². The molecule has 0 aromatic carbocycles. The van der Waals surface area contributed by atoms with E-state index in [-0.39, 0.29) is 0 Å². The highest BCUT2D eigenvalue weighted by Gasteiger charge is 2.30. The standard InChI is InChI=1S/C14H24N2O/c17-14(12-2-1-3-12)15-13-6-8-16(9-7-13)10-11-4-5-11/h11-13H,1-10H2,(H,15,17). The van der Waals surface area contributed by atoms with Gasteiger partial charge in [-0.25, -0.2) is 0 Å². The van der Waals surface area contributed by atoms with E-state index in [4.69, 9.17) is 0 Å². The Morgan fingerprint density at radius 3 is 2.29 bits per heavy atom. The topological polar surface area (TPSA) is 32.3 Å². The van der Waals surface area contributed by atoms with Gasteiger partial charge < -0.3 is 10.2 Å². The van der Waals surface area contributed by atoms with Crippen molar-refractivity contribution in [2.45, 2.75) is 51.0 Å². The van der Waals surface area contributed by atoms with E-state index in [0.29, 0.717) is 17.9 Å². The third kappa shape index (κ3) is 3.01. The van der Waals surface area contributed by atoms with E-state index in [9.17, 15) is 4.79 Å². The van der Waals surface area contributed by atoms with E-state index in [2.05, 4.69) is 10.2 Å². The van der Waals surface area contributed by atoms with Crippen molar-refractivity contribution in [3.8, 4) is 0 Å². The molecule has 96 valence electrons. The van der Waals surface area contributed by atoms with Crippen LogP contribution in [0.3, 0.4) is 0 Å². The molecular weight excluding hydrogens is 212 g/mol. The Kier molecular flexibility index (Phi) is 3.37. The monoisotopic (exact) mass is 236 g/mol. The summed E-state index contributed by atoms with van der Waals surface area (Å²) in [7, 11) is 0. The lowest BCUT2D eigenvalue weighted by molar-refractivity contribution is -0.128. The summed E-state index contributed by atoms with van der Waals surface area (Å²) >= 11 is 0. The van der Waals surface area contributed by atoms with E-state index in [1.807, 2.05) is 0 Å². The third-order valence-electron chi connectivity index (χ3n) is 4.62. The first-order valence-corrected chi connectivity index (χ1v) is 7.34. The predicted octanol–water partition coefficient (Wildman–Crippen LogP) is 1.78. The van der Waals surface area contributed by atoms with Gasteiger partial charge in [0, 0.05) is 31.6 Å². The van der Waals surface area contributed by atoms with E-state index in [1.54, 1.807) is 0 Å². The number of piperidine rings is 1. The van der Waals surface area contributed by atoms with Crippen LogP contribution in [0.15, 0.2) is 0 Å². The smallest absolute Gasteiger partial charge is 0.223 e. The first-order chi connectivity index (χ1) is 8.31. The van der Waals surface area contributed by atoms with Gasteiger partial charge in [0.1, 0.15) is 0 Å². The summed E-state index contributed by atoms with van der Waals surface area (Å²) in [5.74, 6) is 1.67. The highest BCUT2D eigenvalue weighted by Crippen LogP contribution is 2.31. The summed E-state index contributed by atoms with van der Waals surface area (Å²) < 4.78 is 0. The maximum atomic E-state index is 11.8. The van der Waals surface area contributed by atoms with Crippen molar-refractivity contribution in [3.05, 3.63) is 0 Å². The van der Waals surface area contributed by atoms with Gasteiger partial charge in [0.2, 0.25) is 5.91 Å². The number of nitrogens with zero attached hydrogens (tertiary/aromatic N) is 1. The summed E-state index contributed by atoms with van der Waals surface area (Å²) in [5, 5.41) is 3.24. The van der Waals surface area contributed by atoms with Crippen LogP contribution in [-0.4, -0.2) is 36.5 Å². The second kappa shape index (κ2) is 4.97. The van der Waals surface area contributed by atoms with Crippen LogP contribution in [0.4, 0.5) is 0 Å². The molecular formula is C14H24N2O. The maximum absolute atomic E-state index is 11.8. The average molecular weight is 236 g/mol. The fourth-order valence-electron chi connectivity index (χ4n) is 2.91. The molecule has 3 heteroatoms. The molecule has 1 N–H and O–H groups in total. The van der Waals surface area contributed by atoms with Crippen LogP contribution in [-0.2, 0) is 4.79 Å². The van der Waals surface area contributed by atoms with Crippen LogP contribution in [0.5, 0.6) is 0 Å². The fourth-order valence-corrected chi connectivity index (χ4v) is 2.91. The summed E-state index contributed by atoms with van der Waals surface area (Å²) in [6, 6.07) is 0.457. The molecule has 3 fully saturated rings. The number of hydrogen-bond acceptors (Lipinski definition) is 2. The van der Waals surface area contributed by atoms with Gasteiger partial charge in [0.25, 0.3) is 0 Å². The van der Waals surface area contributed by atoms with Crippen LogP contribution in [0.1, 0.15) is 44.9 Å². The molecule has 2 saturated carbocycles. The Labute approximate surface area is 104 Å². The minimum Gasteiger partial charge on any atom is -0.353 e. The Balaban J connectivity index is 1.36. The molecule has 1 saturated heterocycles. The largest absolute Gasteiger partial charge is 0.353 e. The van der Waals surface area contributed by atoms with Gasteiger partial charge in [-0.05, 0) is 44.4 Å². The molecule has 0 bridgehead atoms. The zero-order valence-electron chi connectivity index (χ0n) is 10.7. The molecule has 3 aliphatic rings. The van der Waals surface area contributed by atoms with Gasteiger partial charge in [-0.15, -0.1) is 0 Å². The second-order valence-electron chi connectivity index (χ2n) is 6.15. The average Bonchev–Trinajstić information content (AvgIpc) is 3.02. The molecule has 0 radical (unpaired) electrons. The van der Waals surface area contributed by atoms with Gasteiger partial charge in [-0.1, -0.05) is 6.42 Å². The van der Waals surface area contributed by atoms with Crippen molar-refractivity contribution < 1.29 is 4.79 Å². The lowest BCUT2D eigenvalue weighted by Crippen LogP contribution is -2.47. The van der Waals surface area contributed by atoms with Gasteiger partial charge in [0.05, 0.1) is 0 Å². The lowest BCUT2D eigenvalue weighted by atomic mass is 9.84. The summed E-state index contributed by atoms with van der Waals surface area (Å²) in [6.07, 6.45) is 8.68. The first kappa shape index (κ1) is 11.5. The summed E-state index contributed by atoms with van der Waals surface area (Å²) in [5.41, 5.74) is 0. The van der Waals surface area contributed by atoms with Crippen molar-refractivity contribution in [1.29, 1.82) is 0 Å². The molecule has 3 rings (SSSR count). The maximum Gasteiger partial charge on any atom is 0.223 e. The zero-order valence-corrected chi connectivity index (χ0v) is 10.7. The molecule has 1 aliphatic heterocycles. The van der Waals surface area contributed by atoms with Gasteiger partial charge in [-0.2, -0.15) is 0 Å².